The van der Waals surface area contributed by atoms with Crippen molar-refractivity contribution in [2.24, 2.45) is 34.0 Å². The average molecular weight is 581 g/mol. The Kier molecular flexibility index (Phi) is 14.7. The summed E-state index contributed by atoms with van der Waals surface area (Å²) in [5.41, 5.74) is 16.2. The summed E-state index contributed by atoms with van der Waals surface area (Å²) in [4.78, 5) is 27.6. The van der Waals surface area contributed by atoms with E-state index in [1.165, 1.54) is 0 Å². The minimum absolute atomic E-state index is 0.0200. The van der Waals surface area contributed by atoms with Crippen LogP contribution in [-0.2, 0) is 14.3 Å². The van der Waals surface area contributed by atoms with E-state index in [1.807, 2.05) is 12.2 Å². The molecule has 1 aliphatic carbocycles. The molecular weight excluding hydrogens is 540 g/mol. The highest BCUT2D eigenvalue weighted by atomic mass is 35.5. The molecule has 12 heteroatoms. The van der Waals surface area contributed by atoms with Crippen LogP contribution in [-0.4, -0.2) is 70.7 Å². The summed E-state index contributed by atoms with van der Waals surface area (Å²) >= 11 is 5.93. The van der Waals surface area contributed by atoms with Gasteiger partial charge in [0.05, 0.1) is 12.2 Å². The van der Waals surface area contributed by atoms with E-state index in [2.05, 4.69) is 4.99 Å². The number of aliphatic hydroxyl groups excluding tert-OH is 3. The molecule has 0 spiro atoms. The topological polar surface area (TPSA) is 204 Å². The van der Waals surface area contributed by atoms with Crippen LogP contribution in [0.5, 0.6) is 5.75 Å². The van der Waals surface area contributed by atoms with E-state index < -0.39 is 36.3 Å². The number of nitrogens with two attached hydrogens (primary N) is 3. The fraction of sp³-hybridized carbons (Fsp3) is 0.536. The number of halogens is 1. The van der Waals surface area contributed by atoms with Crippen LogP contribution in [0.1, 0.15) is 44.9 Å². The van der Waals surface area contributed by atoms with Gasteiger partial charge in [-0.05, 0) is 56.2 Å². The molecule has 0 radical (unpaired) electrons. The fourth-order valence-corrected chi connectivity index (χ4v) is 4.55. The molecule has 6 atom stereocenters. The zero-order valence-electron chi connectivity index (χ0n) is 22.5. The lowest BCUT2D eigenvalue weighted by Crippen LogP contribution is -2.34. The van der Waals surface area contributed by atoms with Crippen molar-refractivity contribution in [3.8, 4) is 5.75 Å². The lowest BCUT2D eigenvalue weighted by molar-refractivity contribution is -0.160. The van der Waals surface area contributed by atoms with Gasteiger partial charge < -0.3 is 42.0 Å². The van der Waals surface area contributed by atoms with E-state index in [9.17, 15) is 24.9 Å². The van der Waals surface area contributed by atoms with Crippen molar-refractivity contribution < 1.29 is 34.4 Å². The first-order valence-corrected chi connectivity index (χ1v) is 13.8. The summed E-state index contributed by atoms with van der Waals surface area (Å²) < 4.78 is 10.3. The first-order valence-electron chi connectivity index (χ1n) is 13.4. The molecule has 40 heavy (non-hydrogen) atoms. The van der Waals surface area contributed by atoms with E-state index in [0.29, 0.717) is 49.4 Å². The minimum atomic E-state index is -0.926. The Morgan fingerprint density at radius 3 is 2.67 bits per heavy atom. The second-order valence-electron chi connectivity index (χ2n) is 9.78. The smallest absolute Gasteiger partial charge is 0.330 e. The molecule has 1 aliphatic rings. The SMILES string of the molecule is NC(N)=NCCC[C@H](N)C(=O)OC(=O)CCCC=CC[C@@H]1[C@@H](C=C[C@@H](O)COc2cccc(Cl)c2)[C@H](O)C[C@@H]1O. The summed E-state index contributed by atoms with van der Waals surface area (Å²) in [7, 11) is 0. The molecular formula is C28H41ClN4O7. The highest BCUT2D eigenvalue weighted by Gasteiger charge is 2.39. The molecule has 1 saturated carbocycles. The van der Waals surface area contributed by atoms with Crippen LogP contribution >= 0.6 is 11.6 Å². The lowest BCUT2D eigenvalue weighted by Gasteiger charge is -2.19. The van der Waals surface area contributed by atoms with Crippen molar-refractivity contribution >= 4 is 29.5 Å². The van der Waals surface area contributed by atoms with Crippen molar-refractivity contribution in [3.05, 3.63) is 53.6 Å². The second kappa shape index (κ2) is 17.7. The van der Waals surface area contributed by atoms with Gasteiger partial charge in [0.2, 0.25) is 0 Å². The molecule has 1 fully saturated rings. The number of esters is 2. The first-order chi connectivity index (χ1) is 19.1. The standard InChI is InChI=1S/C28H41ClN4O7/c29-18-7-5-8-20(15-18)39-17-19(34)12-13-22-21(24(35)16-25(22)36)9-3-1-2-4-11-26(37)40-27(38)23(30)10-6-14-33-28(31)32/h1,3,5,7-8,12-13,15,19,21-25,34-36H,2,4,6,9-11,14,16-17,30H2,(H4,31,32,33)/t19-,21-,22-,23+,24+,25-/m1/s1. The predicted molar refractivity (Wildman–Crippen MR) is 152 cm³/mol. The van der Waals surface area contributed by atoms with Gasteiger partial charge in [-0.3, -0.25) is 9.79 Å². The second-order valence-corrected chi connectivity index (χ2v) is 10.2. The predicted octanol–water partition coefficient (Wildman–Crippen LogP) is 1.56. The molecule has 0 heterocycles. The van der Waals surface area contributed by atoms with Gasteiger partial charge in [0.1, 0.15) is 24.5 Å². The third-order valence-corrected chi connectivity index (χ3v) is 6.73. The number of unbranched alkanes of at least 4 members (excludes halogenated alkanes) is 1. The number of carbonyl (C=O) groups is 2. The van der Waals surface area contributed by atoms with Gasteiger partial charge in [-0.15, -0.1) is 0 Å². The maximum absolute atomic E-state index is 11.9. The number of rotatable bonds is 16. The van der Waals surface area contributed by atoms with Crippen LogP contribution in [0.3, 0.4) is 0 Å². The zero-order valence-corrected chi connectivity index (χ0v) is 23.2. The summed E-state index contributed by atoms with van der Waals surface area (Å²) in [5.74, 6) is -1.47. The third kappa shape index (κ3) is 12.5. The maximum Gasteiger partial charge on any atom is 0.330 e. The van der Waals surface area contributed by atoms with Crippen molar-refractivity contribution in [2.45, 2.75) is 69.3 Å². The number of carbonyl (C=O) groups excluding carboxylic acids is 2. The number of allylic oxidation sites excluding steroid dienone is 2. The number of hydrogen-bond donors (Lipinski definition) is 6. The molecule has 11 nitrogen and oxygen atoms in total. The van der Waals surface area contributed by atoms with E-state index in [0.717, 1.165) is 0 Å². The quantitative estimate of drug-likeness (QED) is 0.0415. The zero-order chi connectivity index (χ0) is 29.5. The number of aliphatic hydroxyl groups is 3. The summed E-state index contributed by atoms with van der Waals surface area (Å²) in [6.07, 6.45) is 7.40. The maximum atomic E-state index is 11.9. The van der Waals surface area contributed by atoms with E-state index in [4.69, 9.17) is 38.3 Å². The Labute approximate surface area is 239 Å². The highest BCUT2D eigenvalue weighted by molar-refractivity contribution is 6.30. The van der Waals surface area contributed by atoms with Crippen LogP contribution in [0.15, 0.2) is 53.6 Å². The van der Waals surface area contributed by atoms with Crippen molar-refractivity contribution in [1.82, 2.24) is 0 Å². The van der Waals surface area contributed by atoms with Crippen LogP contribution in [0, 0.1) is 11.8 Å². The van der Waals surface area contributed by atoms with Gasteiger partial charge in [-0.1, -0.05) is 42.0 Å². The largest absolute Gasteiger partial charge is 0.491 e. The van der Waals surface area contributed by atoms with Crippen LogP contribution < -0.4 is 21.9 Å². The van der Waals surface area contributed by atoms with Gasteiger partial charge >= 0.3 is 11.9 Å². The molecule has 222 valence electrons. The van der Waals surface area contributed by atoms with Gasteiger partial charge in [-0.25, -0.2) is 4.79 Å². The van der Waals surface area contributed by atoms with E-state index in [1.54, 1.807) is 36.4 Å². The van der Waals surface area contributed by atoms with Gasteiger partial charge in [0.15, 0.2) is 5.96 Å². The Bertz CT molecular complexity index is 1030. The molecule has 9 N–H and O–H groups in total. The Morgan fingerprint density at radius 1 is 1.18 bits per heavy atom. The lowest BCUT2D eigenvalue weighted by atomic mass is 9.89. The molecule has 0 unspecified atom stereocenters. The third-order valence-electron chi connectivity index (χ3n) is 6.50. The van der Waals surface area contributed by atoms with E-state index in [-0.39, 0.29) is 37.2 Å². The minimum Gasteiger partial charge on any atom is -0.491 e. The molecule has 0 aromatic heterocycles. The monoisotopic (exact) mass is 580 g/mol. The molecule has 1 aromatic rings. The number of nitrogens with zero attached hydrogens (tertiary/aromatic N) is 1. The summed E-state index contributed by atoms with van der Waals surface area (Å²) in [6.45, 7) is 0.353. The molecule has 1 aromatic carbocycles. The van der Waals surface area contributed by atoms with Gasteiger partial charge in [0, 0.05) is 30.3 Å². The van der Waals surface area contributed by atoms with Gasteiger partial charge in [0.25, 0.3) is 0 Å². The van der Waals surface area contributed by atoms with E-state index >= 15 is 0 Å². The fourth-order valence-electron chi connectivity index (χ4n) is 4.37. The Hall–Kier alpha value is -2.96. The van der Waals surface area contributed by atoms with Crippen LogP contribution in [0.2, 0.25) is 5.02 Å². The molecule has 0 aliphatic heterocycles. The molecule has 0 amide bonds. The summed E-state index contributed by atoms with van der Waals surface area (Å²) in [6, 6.07) is 5.93. The normalized spacial score (nSPS) is 22.3. The summed E-state index contributed by atoms with van der Waals surface area (Å²) in [5, 5.41) is 31.6. The Balaban J connectivity index is 1.70. The highest BCUT2D eigenvalue weighted by Crippen LogP contribution is 2.36. The number of aliphatic imine (C=N–C) groups is 1. The van der Waals surface area contributed by atoms with Crippen LogP contribution in [0.4, 0.5) is 0 Å². The van der Waals surface area contributed by atoms with Crippen molar-refractivity contribution in [1.29, 1.82) is 0 Å². The van der Waals surface area contributed by atoms with Crippen molar-refractivity contribution in [3.63, 3.8) is 0 Å². The number of hydrogen-bond acceptors (Lipinski definition) is 9. The first kappa shape index (κ1) is 33.2. The molecule has 2 rings (SSSR count). The van der Waals surface area contributed by atoms with Crippen LogP contribution in [0.25, 0.3) is 0 Å². The molecule has 0 saturated heterocycles. The number of ether oxygens (including phenoxy) is 2. The Morgan fingerprint density at radius 2 is 1.95 bits per heavy atom. The van der Waals surface area contributed by atoms with Crippen molar-refractivity contribution in [2.75, 3.05) is 13.2 Å². The number of benzene rings is 1. The van der Waals surface area contributed by atoms with Gasteiger partial charge in [-0.2, -0.15) is 0 Å². The number of guanidine groups is 1. The molecule has 0 bridgehead atoms. The average Bonchev–Trinajstić information content (AvgIpc) is 3.17.